The highest BCUT2D eigenvalue weighted by Crippen LogP contribution is 2.20. The van der Waals surface area contributed by atoms with Gasteiger partial charge in [0, 0.05) is 44.8 Å². The molecule has 7 heteroatoms. The van der Waals surface area contributed by atoms with Gasteiger partial charge in [0.2, 0.25) is 5.91 Å². The van der Waals surface area contributed by atoms with Crippen LogP contribution < -0.4 is 10.6 Å². The molecule has 1 amide bonds. The second kappa shape index (κ2) is 8.99. The van der Waals surface area contributed by atoms with E-state index in [4.69, 9.17) is 0 Å². The Morgan fingerprint density at radius 2 is 2.12 bits per heavy atom. The molecule has 2 heterocycles. The van der Waals surface area contributed by atoms with Crippen molar-refractivity contribution in [1.29, 1.82) is 0 Å². The summed E-state index contributed by atoms with van der Waals surface area (Å²) in [6, 6.07) is 8.15. The molecule has 1 unspecified atom stereocenters. The molecule has 25 heavy (non-hydrogen) atoms. The second-order valence-electron chi connectivity index (χ2n) is 6.19. The molecule has 1 atom stereocenters. The Bertz CT molecular complexity index is 685. The van der Waals surface area contributed by atoms with Crippen molar-refractivity contribution >= 4 is 24.0 Å². The number of nitrogens with one attached hydrogen (secondary N) is 2. The molecule has 2 N–H and O–H groups in total. The lowest BCUT2D eigenvalue weighted by atomic mass is 10.1. The third kappa shape index (κ3) is 4.81. The number of imidazole rings is 1. The van der Waals surface area contributed by atoms with Crippen LogP contribution in [0.4, 0.5) is 5.69 Å². The minimum atomic E-state index is 0. The fourth-order valence-electron chi connectivity index (χ4n) is 3.10. The summed E-state index contributed by atoms with van der Waals surface area (Å²) in [6.07, 6.45) is 4.75. The van der Waals surface area contributed by atoms with Crippen LogP contribution in [0, 0.1) is 0 Å². The van der Waals surface area contributed by atoms with Gasteiger partial charge in [-0.15, -0.1) is 12.4 Å². The van der Waals surface area contributed by atoms with Gasteiger partial charge in [-0.1, -0.05) is 19.1 Å². The van der Waals surface area contributed by atoms with Crippen molar-refractivity contribution in [3.63, 3.8) is 0 Å². The Morgan fingerprint density at radius 3 is 2.76 bits per heavy atom. The molecule has 1 saturated heterocycles. The Hall–Kier alpha value is -1.89. The number of aryl methyl sites for hydroxylation is 2. The van der Waals surface area contributed by atoms with E-state index < -0.39 is 0 Å². The SMILES string of the molecule is CCc1ccc(NC(=O)CN2CCNCC2c2nccn2C)cc1.Cl. The van der Waals surface area contributed by atoms with E-state index in [1.165, 1.54) is 5.56 Å². The van der Waals surface area contributed by atoms with E-state index >= 15 is 0 Å². The maximum atomic E-state index is 12.4. The summed E-state index contributed by atoms with van der Waals surface area (Å²) in [7, 11) is 1.99. The number of carbonyl (C=O) groups excluding carboxylic acids is 1. The summed E-state index contributed by atoms with van der Waals surface area (Å²) in [4.78, 5) is 19.1. The molecule has 1 aromatic carbocycles. The molecule has 1 aliphatic heterocycles. The van der Waals surface area contributed by atoms with Crippen molar-refractivity contribution in [1.82, 2.24) is 19.8 Å². The third-order valence-electron chi connectivity index (χ3n) is 4.50. The first kappa shape index (κ1) is 19.4. The molecular weight excluding hydrogens is 338 g/mol. The van der Waals surface area contributed by atoms with Gasteiger partial charge in [0.05, 0.1) is 12.6 Å². The Labute approximate surface area is 155 Å². The number of hydrogen-bond acceptors (Lipinski definition) is 4. The van der Waals surface area contributed by atoms with Crippen LogP contribution in [0.25, 0.3) is 0 Å². The zero-order valence-electron chi connectivity index (χ0n) is 14.7. The molecule has 1 aromatic heterocycles. The number of piperazine rings is 1. The van der Waals surface area contributed by atoms with Gasteiger partial charge >= 0.3 is 0 Å². The Balaban J connectivity index is 0.00000225. The highest BCUT2D eigenvalue weighted by atomic mass is 35.5. The zero-order valence-corrected chi connectivity index (χ0v) is 15.6. The number of benzene rings is 1. The van der Waals surface area contributed by atoms with E-state index in [9.17, 15) is 4.79 Å². The van der Waals surface area contributed by atoms with Crippen LogP contribution in [-0.2, 0) is 18.3 Å². The van der Waals surface area contributed by atoms with Gasteiger partial charge in [0.15, 0.2) is 0 Å². The van der Waals surface area contributed by atoms with Gasteiger partial charge in [-0.25, -0.2) is 4.98 Å². The van der Waals surface area contributed by atoms with E-state index in [0.29, 0.717) is 6.54 Å². The van der Waals surface area contributed by atoms with Crippen LogP contribution in [0.3, 0.4) is 0 Å². The summed E-state index contributed by atoms with van der Waals surface area (Å²) in [5.74, 6) is 1.00. The van der Waals surface area contributed by atoms with Crippen LogP contribution >= 0.6 is 12.4 Å². The van der Waals surface area contributed by atoms with Crippen LogP contribution in [0.5, 0.6) is 0 Å². The fourth-order valence-corrected chi connectivity index (χ4v) is 3.10. The smallest absolute Gasteiger partial charge is 0.238 e. The minimum absolute atomic E-state index is 0. The maximum Gasteiger partial charge on any atom is 0.238 e. The van der Waals surface area contributed by atoms with Gasteiger partial charge in [-0.3, -0.25) is 9.69 Å². The highest BCUT2D eigenvalue weighted by molar-refractivity contribution is 5.92. The number of amides is 1. The molecule has 6 nitrogen and oxygen atoms in total. The van der Waals surface area contributed by atoms with E-state index in [1.807, 2.05) is 29.9 Å². The standard InChI is InChI=1S/C18H25N5O.ClH/c1-3-14-4-6-15(7-5-14)21-17(24)13-23-11-8-19-12-16(23)18-20-9-10-22(18)2;/h4-7,9-10,16,19H,3,8,11-13H2,1-2H3,(H,21,24);1H. The first-order valence-corrected chi connectivity index (χ1v) is 8.48. The average Bonchev–Trinajstić information content (AvgIpc) is 3.02. The summed E-state index contributed by atoms with van der Waals surface area (Å²) < 4.78 is 2.02. The molecule has 0 bridgehead atoms. The van der Waals surface area contributed by atoms with E-state index in [1.54, 1.807) is 6.20 Å². The predicted molar refractivity (Wildman–Crippen MR) is 102 cm³/mol. The molecule has 136 valence electrons. The molecule has 0 spiro atoms. The predicted octanol–water partition coefficient (Wildman–Crippen LogP) is 1.99. The van der Waals surface area contributed by atoms with Crippen molar-refractivity contribution in [2.45, 2.75) is 19.4 Å². The number of rotatable bonds is 5. The Kier molecular flexibility index (Phi) is 6.99. The number of aromatic nitrogens is 2. The summed E-state index contributed by atoms with van der Waals surface area (Å²) in [6.45, 7) is 5.02. The Morgan fingerprint density at radius 1 is 1.36 bits per heavy atom. The van der Waals surface area contributed by atoms with Gasteiger partial charge < -0.3 is 15.2 Å². The lowest BCUT2D eigenvalue weighted by Crippen LogP contribution is -2.49. The average molecular weight is 364 g/mol. The number of halogens is 1. The largest absolute Gasteiger partial charge is 0.337 e. The lowest BCUT2D eigenvalue weighted by molar-refractivity contribution is -0.118. The number of nitrogens with zero attached hydrogens (tertiary/aromatic N) is 3. The zero-order chi connectivity index (χ0) is 16.9. The summed E-state index contributed by atoms with van der Waals surface area (Å²) in [5, 5.41) is 6.38. The topological polar surface area (TPSA) is 62.2 Å². The molecule has 2 aromatic rings. The lowest BCUT2D eigenvalue weighted by Gasteiger charge is -2.35. The van der Waals surface area contributed by atoms with Crippen LogP contribution in [0.1, 0.15) is 24.4 Å². The normalized spacial score (nSPS) is 17.8. The third-order valence-corrected chi connectivity index (χ3v) is 4.50. The fraction of sp³-hybridized carbons (Fsp3) is 0.444. The molecule has 3 rings (SSSR count). The van der Waals surface area contributed by atoms with E-state index in [0.717, 1.165) is 37.6 Å². The van der Waals surface area contributed by atoms with E-state index in [2.05, 4.69) is 39.6 Å². The quantitative estimate of drug-likeness (QED) is 0.852. The van der Waals surface area contributed by atoms with Gasteiger partial charge in [0.25, 0.3) is 0 Å². The van der Waals surface area contributed by atoms with Crippen molar-refractivity contribution in [2.24, 2.45) is 7.05 Å². The van der Waals surface area contributed by atoms with Crippen LogP contribution in [0.2, 0.25) is 0 Å². The first-order chi connectivity index (χ1) is 11.7. The molecule has 0 saturated carbocycles. The van der Waals surface area contributed by atoms with Crippen molar-refractivity contribution in [2.75, 3.05) is 31.5 Å². The number of anilines is 1. The van der Waals surface area contributed by atoms with Gasteiger partial charge in [0.1, 0.15) is 5.82 Å². The van der Waals surface area contributed by atoms with Gasteiger partial charge in [-0.05, 0) is 24.1 Å². The van der Waals surface area contributed by atoms with Crippen LogP contribution in [-0.4, -0.2) is 46.5 Å². The number of hydrogen-bond donors (Lipinski definition) is 2. The van der Waals surface area contributed by atoms with Gasteiger partial charge in [-0.2, -0.15) is 0 Å². The maximum absolute atomic E-state index is 12.4. The highest BCUT2D eigenvalue weighted by Gasteiger charge is 2.28. The second-order valence-corrected chi connectivity index (χ2v) is 6.19. The van der Waals surface area contributed by atoms with E-state index in [-0.39, 0.29) is 24.4 Å². The number of carbonyl (C=O) groups is 1. The minimum Gasteiger partial charge on any atom is -0.337 e. The van der Waals surface area contributed by atoms with Crippen LogP contribution in [0.15, 0.2) is 36.7 Å². The first-order valence-electron chi connectivity index (χ1n) is 8.48. The summed E-state index contributed by atoms with van der Waals surface area (Å²) in [5.41, 5.74) is 2.12. The van der Waals surface area contributed by atoms with Crippen molar-refractivity contribution < 1.29 is 4.79 Å². The van der Waals surface area contributed by atoms with Crippen molar-refractivity contribution in [3.05, 3.63) is 48.0 Å². The monoisotopic (exact) mass is 363 g/mol. The molecule has 1 aliphatic rings. The molecule has 0 radical (unpaired) electrons. The molecular formula is C18H26ClN5O. The molecule has 1 fully saturated rings. The summed E-state index contributed by atoms with van der Waals surface area (Å²) >= 11 is 0. The van der Waals surface area contributed by atoms with Crippen molar-refractivity contribution in [3.8, 4) is 0 Å². The molecule has 0 aliphatic carbocycles.